The van der Waals surface area contributed by atoms with Crippen LogP contribution in [0.2, 0.25) is 0 Å². The zero-order valence-electron chi connectivity index (χ0n) is 22.1. The summed E-state index contributed by atoms with van der Waals surface area (Å²) in [4.78, 5) is 72.6. The lowest BCUT2D eigenvalue weighted by Gasteiger charge is -2.25. The van der Waals surface area contributed by atoms with Crippen LogP contribution in [0.1, 0.15) is 52.9 Å². The van der Waals surface area contributed by atoms with E-state index in [0.29, 0.717) is 11.7 Å². The van der Waals surface area contributed by atoms with E-state index in [0.717, 1.165) is 25.7 Å². The van der Waals surface area contributed by atoms with E-state index in [1.807, 2.05) is 11.8 Å². The van der Waals surface area contributed by atoms with E-state index < -0.39 is 54.8 Å². The summed E-state index contributed by atoms with van der Waals surface area (Å²) in [6.45, 7) is 3.49. The van der Waals surface area contributed by atoms with Gasteiger partial charge in [0, 0.05) is 17.4 Å². The van der Waals surface area contributed by atoms with Crippen molar-refractivity contribution in [2.45, 2.75) is 88.3 Å². The molecule has 38 heavy (non-hydrogen) atoms. The van der Waals surface area contributed by atoms with Crippen LogP contribution in [0, 0.1) is 5.92 Å². The molecule has 14 heteroatoms. The van der Waals surface area contributed by atoms with Crippen LogP contribution in [0.25, 0.3) is 0 Å². The Morgan fingerprint density at radius 1 is 1.05 bits per heavy atom. The van der Waals surface area contributed by atoms with Gasteiger partial charge in [-0.3, -0.25) is 24.0 Å². The number of methoxy groups -OCH3 is 1. The number of urea groups is 1. The van der Waals surface area contributed by atoms with Gasteiger partial charge in [0.2, 0.25) is 17.7 Å². The number of rotatable bonds is 15. The largest absolute Gasteiger partial charge is 0.469 e. The minimum Gasteiger partial charge on any atom is -0.469 e. The summed E-state index contributed by atoms with van der Waals surface area (Å²) < 4.78 is 17.3. The monoisotopic (exact) mass is 559 g/mol. The summed E-state index contributed by atoms with van der Waals surface area (Å²) in [6.07, 6.45) is 1.97. The maximum absolute atomic E-state index is 12.8. The van der Waals surface area contributed by atoms with Crippen LogP contribution in [-0.2, 0) is 28.7 Å². The number of amides is 5. The van der Waals surface area contributed by atoms with Crippen molar-refractivity contribution in [3.8, 4) is 0 Å². The molecule has 12 nitrogen and oxygen atoms in total. The molecular weight excluding hydrogens is 521 g/mol. The lowest BCUT2D eigenvalue weighted by molar-refractivity contribution is -0.143. The fourth-order valence-corrected chi connectivity index (χ4v) is 5.85. The van der Waals surface area contributed by atoms with Gasteiger partial charge in [0.05, 0.1) is 25.6 Å². The number of Topliss-reactive ketones (excluding diaryl/α,β-unsaturated/α-hetero) is 1. The molecule has 2 saturated heterocycles. The van der Waals surface area contributed by atoms with Gasteiger partial charge >= 0.3 is 12.0 Å². The third-order valence-corrected chi connectivity index (χ3v) is 8.04. The molecule has 0 aromatic carbocycles. The number of carbonyl (C=O) groups excluding carboxylic acids is 6. The van der Waals surface area contributed by atoms with Gasteiger partial charge in [-0.05, 0) is 25.7 Å². The van der Waals surface area contributed by atoms with Crippen molar-refractivity contribution in [1.29, 1.82) is 0 Å². The van der Waals surface area contributed by atoms with E-state index in [9.17, 15) is 33.2 Å². The van der Waals surface area contributed by atoms with Crippen LogP contribution in [0.5, 0.6) is 0 Å². The first kappa shape index (κ1) is 31.3. The Morgan fingerprint density at radius 3 is 2.39 bits per heavy atom. The minimum atomic E-state index is -1.42. The third kappa shape index (κ3) is 9.14. The molecule has 6 atom stereocenters. The molecule has 5 N–H and O–H groups in total. The second-order valence-electron chi connectivity index (χ2n) is 9.83. The Balaban J connectivity index is 1.79. The number of ether oxygens (including phenoxy) is 1. The molecule has 2 heterocycles. The molecule has 214 valence electrons. The van der Waals surface area contributed by atoms with E-state index >= 15 is 0 Å². The van der Waals surface area contributed by atoms with E-state index in [1.54, 1.807) is 13.8 Å². The second-order valence-corrected chi connectivity index (χ2v) is 11.1. The molecule has 2 aliphatic rings. The number of unbranched alkanes of at least 4 members (excludes halogenated alkanes) is 1. The number of carbonyl (C=O) groups is 6. The van der Waals surface area contributed by atoms with Crippen LogP contribution < -0.4 is 26.6 Å². The van der Waals surface area contributed by atoms with Crippen LogP contribution >= 0.6 is 11.8 Å². The molecule has 0 aromatic heterocycles. The summed E-state index contributed by atoms with van der Waals surface area (Å²) in [5.74, 6) is -2.88. The average Bonchev–Trinajstić information content (AvgIpc) is 3.42. The number of hydrogen-bond acceptors (Lipinski definition) is 8. The van der Waals surface area contributed by atoms with Crippen LogP contribution in [-0.4, -0.2) is 90.5 Å². The van der Waals surface area contributed by atoms with Gasteiger partial charge in [-0.1, -0.05) is 20.3 Å². The van der Waals surface area contributed by atoms with Gasteiger partial charge in [0.15, 0.2) is 5.78 Å². The first-order chi connectivity index (χ1) is 18.0. The van der Waals surface area contributed by atoms with Crippen molar-refractivity contribution in [3.63, 3.8) is 0 Å². The number of ketones is 1. The summed E-state index contributed by atoms with van der Waals surface area (Å²) in [7, 11) is 1.10. The Hall–Kier alpha value is -2.90. The fourth-order valence-electron chi connectivity index (χ4n) is 4.31. The summed E-state index contributed by atoms with van der Waals surface area (Å²) >= 11 is 1.81. The molecule has 6 unspecified atom stereocenters. The fraction of sp³-hybridized carbons (Fsp3) is 0.750. The minimum absolute atomic E-state index is 0.111. The highest BCUT2D eigenvalue weighted by Crippen LogP contribution is 2.33. The van der Waals surface area contributed by atoms with Crippen LogP contribution in [0.15, 0.2) is 0 Å². The zero-order valence-corrected chi connectivity index (χ0v) is 23.0. The number of thioether (sulfide) groups is 1. The van der Waals surface area contributed by atoms with Gasteiger partial charge in [-0.2, -0.15) is 11.8 Å². The lowest BCUT2D eigenvalue weighted by Crippen LogP contribution is -2.56. The number of halogens is 1. The first-order valence-electron chi connectivity index (χ1n) is 12.7. The Morgan fingerprint density at radius 2 is 1.76 bits per heavy atom. The smallest absolute Gasteiger partial charge is 0.315 e. The van der Waals surface area contributed by atoms with Crippen molar-refractivity contribution < 1.29 is 37.9 Å². The highest BCUT2D eigenvalue weighted by atomic mass is 32.2. The van der Waals surface area contributed by atoms with Crippen molar-refractivity contribution in [1.82, 2.24) is 26.6 Å². The molecule has 5 amide bonds. The van der Waals surface area contributed by atoms with Crippen molar-refractivity contribution in [2.24, 2.45) is 5.92 Å². The molecule has 2 fully saturated rings. The van der Waals surface area contributed by atoms with Crippen molar-refractivity contribution in [3.05, 3.63) is 0 Å². The standard InChI is InChI=1S/C24H38FN5O7S/c1-12(2)20(23(35)26-13(3)22(34)27-14(16(31)10-25)9-19(33)37-4)29-18(32)8-6-5-7-17-21-15(11-38-17)28-24(36)30-21/h12-15,17,20-21H,5-11H2,1-4H3,(H,26,35)(H,27,34)(H,29,32)(H2,28,30,36). The predicted molar refractivity (Wildman–Crippen MR) is 138 cm³/mol. The number of alkyl halides is 1. The molecule has 0 aromatic rings. The van der Waals surface area contributed by atoms with Crippen molar-refractivity contribution >= 4 is 47.3 Å². The number of hydrogen-bond donors (Lipinski definition) is 5. The van der Waals surface area contributed by atoms with E-state index in [4.69, 9.17) is 0 Å². The van der Waals surface area contributed by atoms with Gasteiger partial charge in [0.1, 0.15) is 24.8 Å². The van der Waals surface area contributed by atoms with E-state index in [2.05, 4.69) is 31.3 Å². The SMILES string of the molecule is COC(=O)CC(NC(=O)C(C)NC(=O)C(NC(=O)CCCCC1SCC2NC(=O)NC21)C(C)C)C(=O)CF. The summed E-state index contributed by atoms with van der Waals surface area (Å²) in [5.41, 5.74) is 0. The van der Waals surface area contributed by atoms with Gasteiger partial charge in [0.25, 0.3) is 0 Å². The molecule has 2 rings (SSSR count). The highest BCUT2D eigenvalue weighted by Gasteiger charge is 2.42. The molecule has 0 saturated carbocycles. The lowest BCUT2D eigenvalue weighted by atomic mass is 10.0. The number of nitrogens with one attached hydrogen (secondary N) is 5. The molecule has 0 radical (unpaired) electrons. The topological polar surface area (TPSA) is 172 Å². The molecule has 0 spiro atoms. The highest BCUT2D eigenvalue weighted by molar-refractivity contribution is 8.00. The van der Waals surface area contributed by atoms with Gasteiger partial charge in [-0.25, -0.2) is 9.18 Å². The zero-order chi connectivity index (χ0) is 28.4. The predicted octanol–water partition coefficient (Wildman–Crippen LogP) is -0.0558. The number of esters is 1. The first-order valence-corrected chi connectivity index (χ1v) is 13.8. The van der Waals surface area contributed by atoms with Crippen LogP contribution in [0.4, 0.5) is 9.18 Å². The maximum atomic E-state index is 12.8. The summed E-state index contributed by atoms with van der Waals surface area (Å²) in [6, 6.07) is -3.31. The summed E-state index contributed by atoms with van der Waals surface area (Å²) in [5, 5.41) is 13.6. The van der Waals surface area contributed by atoms with E-state index in [1.165, 1.54) is 6.92 Å². The van der Waals surface area contributed by atoms with Gasteiger partial charge < -0.3 is 31.3 Å². The van der Waals surface area contributed by atoms with Crippen LogP contribution in [0.3, 0.4) is 0 Å². The Kier molecular flexibility index (Phi) is 12.3. The van der Waals surface area contributed by atoms with Crippen molar-refractivity contribution in [2.75, 3.05) is 19.5 Å². The van der Waals surface area contributed by atoms with E-state index in [-0.39, 0.29) is 36.4 Å². The van der Waals surface area contributed by atoms with Gasteiger partial charge in [-0.15, -0.1) is 0 Å². The molecular formula is C24H38FN5O7S. The maximum Gasteiger partial charge on any atom is 0.315 e. The second kappa shape index (κ2) is 14.9. The molecule has 0 bridgehead atoms. The number of fused-ring (bicyclic) bond motifs is 1. The Labute approximate surface area is 225 Å². The third-order valence-electron chi connectivity index (χ3n) is 6.53. The average molecular weight is 560 g/mol. The quantitative estimate of drug-likeness (QED) is 0.106. The Bertz CT molecular complexity index is 905. The normalized spacial score (nSPS) is 22.4. The molecule has 2 aliphatic heterocycles. The molecule has 0 aliphatic carbocycles.